The van der Waals surface area contributed by atoms with Crippen molar-refractivity contribution in [2.24, 2.45) is 0 Å². The minimum absolute atomic E-state index is 0.115. The van der Waals surface area contributed by atoms with E-state index in [0.717, 1.165) is 4.47 Å². The van der Waals surface area contributed by atoms with Crippen LogP contribution in [0.5, 0.6) is 0 Å². The molecule has 0 fully saturated rings. The van der Waals surface area contributed by atoms with Gasteiger partial charge in [0.05, 0.1) is 5.02 Å². The van der Waals surface area contributed by atoms with Crippen LogP contribution in [0.15, 0.2) is 39.2 Å². The van der Waals surface area contributed by atoms with E-state index in [9.17, 15) is 4.79 Å². The van der Waals surface area contributed by atoms with Gasteiger partial charge >= 0.3 is 5.97 Å². The van der Waals surface area contributed by atoms with E-state index in [0.29, 0.717) is 16.6 Å². The monoisotopic (exact) mass is 315 g/mol. The zero-order valence-corrected chi connectivity index (χ0v) is 10.7. The number of hydrogen-bond acceptors (Lipinski definition) is 3. The van der Waals surface area contributed by atoms with E-state index >= 15 is 0 Å². The van der Waals surface area contributed by atoms with Crippen LogP contribution < -0.4 is 5.32 Å². The van der Waals surface area contributed by atoms with E-state index in [1.165, 1.54) is 6.07 Å². The molecule has 6 heteroatoms. The summed E-state index contributed by atoms with van der Waals surface area (Å²) in [7, 11) is 0. The maximum Gasteiger partial charge on any atom is 0.371 e. The SMILES string of the molecule is O=C(O)c1ccc(Nc2ccc(Br)c(Cl)c2)o1. The van der Waals surface area contributed by atoms with Crippen molar-refractivity contribution in [1.82, 2.24) is 0 Å². The third-order valence-corrected chi connectivity index (χ3v) is 3.24. The topological polar surface area (TPSA) is 62.5 Å². The number of carbonyl (C=O) groups is 1. The fourth-order valence-electron chi connectivity index (χ4n) is 1.24. The number of halogens is 2. The Kier molecular flexibility index (Phi) is 3.40. The fourth-order valence-corrected chi connectivity index (χ4v) is 1.66. The lowest BCUT2D eigenvalue weighted by atomic mass is 10.3. The summed E-state index contributed by atoms with van der Waals surface area (Å²) in [6, 6.07) is 8.20. The Morgan fingerprint density at radius 3 is 2.71 bits per heavy atom. The van der Waals surface area contributed by atoms with Crippen LogP contribution in [0.1, 0.15) is 10.6 Å². The first-order valence-electron chi connectivity index (χ1n) is 4.61. The molecule has 0 saturated heterocycles. The van der Waals surface area contributed by atoms with Gasteiger partial charge in [0.15, 0.2) is 5.88 Å². The fraction of sp³-hybridized carbons (Fsp3) is 0. The van der Waals surface area contributed by atoms with Crippen molar-refractivity contribution in [3.8, 4) is 0 Å². The molecule has 0 unspecified atom stereocenters. The van der Waals surface area contributed by atoms with E-state index in [1.54, 1.807) is 24.3 Å². The molecule has 2 N–H and O–H groups in total. The average Bonchev–Trinajstić information content (AvgIpc) is 2.72. The molecule has 0 bridgehead atoms. The van der Waals surface area contributed by atoms with Crippen molar-refractivity contribution >= 4 is 45.1 Å². The van der Waals surface area contributed by atoms with Gasteiger partial charge in [0, 0.05) is 16.2 Å². The lowest BCUT2D eigenvalue weighted by molar-refractivity contribution is 0.0663. The Bertz CT molecular complexity index is 568. The number of hydrogen-bond donors (Lipinski definition) is 2. The number of anilines is 2. The number of rotatable bonds is 3. The number of nitrogens with one attached hydrogen (secondary N) is 1. The van der Waals surface area contributed by atoms with Crippen LogP contribution >= 0.6 is 27.5 Å². The van der Waals surface area contributed by atoms with Crippen LogP contribution in [0.3, 0.4) is 0 Å². The Hall–Kier alpha value is -1.46. The van der Waals surface area contributed by atoms with Crippen LogP contribution in [0.25, 0.3) is 0 Å². The van der Waals surface area contributed by atoms with Crippen LogP contribution in [-0.2, 0) is 0 Å². The van der Waals surface area contributed by atoms with Gasteiger partial charge < -0.3 is 14.8 Å². The average molecular weight is 317 g/mol. The molecule has 0 saturated carbocycles. The molecule has 1 heterocycles. The zero-order chi connectivity index (χ0) is 12.4. The molecule has 0 radical (unpaired) electrons. The zero-order valence-electron chi connectivity index (χ0n) is 8.41. The second-order valence-corrected chi connectivity index (χ2v) is 4.48. The molecule has 0 aliphatic rings. The van der Waals surface area contributed by atoms with E-state index in [-0.39, 0.29) is 5.76 Å². The molecule has 0 atom stereocenters. The second-order valence-electron chi connectivity index (χ2n) is 3.22. The largest absolute Gasteiger partial charge is 0.475 e. The highest BCUT2D eigenvalue weighted by atomic mass is 79.9. The van der Waals surface area contributed by atoms with E-state index in [2.05, 4.69) is 21.2 Å². The molecule has 0 aliphatic heterocycles. The van der Waals surface area contributed by atoms with Gasteiger partial charge in [0.1, 0.15) is 0 Å². The smallest absolute Gasteiger partial charge is 0.371 e. The first kappa shape index (κ1) is 12.0. The van der Waals surface area contributed by atoms with Gasteiger partial charge in [-0.25, -0.2) is 4.79 Å². The molecule has 1 aromatic heterocycles. The van der Waals surface area contributed by atoms with Gasteiger partial charge in [-0.05, 0) is 40.2 Å². The Morgan fingerprint density at radius 1 is 1.35 bits per heavy atom. The summed E-state index contributed by atoms with van der Waals surface area (Å²) in [5.74, 6) is -0.872. The molecule has 2 aromatic rings. The summed E-state index contributed by atoms with van der Waals surface area (Å²) in [6.07, 6.45) is 0. The molecule has 88 valence electrons. The van der Waals surface area contributed by atoms with Gasteiger partial charge in [0.25, 0.3) is 0 Å². The van der Waals surface area contributed by atoms with E-state index < -0.39 is 5.97 Å². The van der Waals surface area contributed by atoms with Crippen LogP contribution in [0.2, 0.25) is 5.02 Å². The predicted molar refractivity (Wildman–Crippen MR) is 68.1 cm³/mol. The van der Waals surface area contributed by atoms with Crippen LogP contribution in [0, 0.1) is 0 Å². The van der Waals surface area contributed by atoms with Gasteiger partial charge in [-0.15, -0.1) is 0 Å². The molecule has 0 spiro atoms. The second kappa shape index (κ2) is 4.81. The van der Waals surface area contributed by atoms with Crippen molar-refractivity contribution < 1.29 is 14.3 Å². The molecule has 0 amide bonds. The van der Waals surface area contributed by atoms with Crippen molar-refractivity contribution in [3.63, 3.8) is 0 Å². The quantitative estimate of drug-likeness (QED) is 0.893. The molecule has 2 rings (SSSR count). The third kappa shape index (κ3) is 2.81. The maximum atomic E-state index is 10.6. The highest BCUT2D eigenvalue weighted by molar-refractivity contribution is 9.10. The summed E-state index contributed by atoms with van der Waals surface area (Å²) in [5.41, 5.74) is 0.712. The van der Waals surface area contributed by atoms with Crippen molar-refractivity contribution in [2.45, 2.75) is 0 Å². The lowest BCUT2D eigenvalue weighted by Gasteiger charge is -2.04. The third-order valence-electron chi connectivity index (χ3n) is 2.00. The summed E-state index contributed by atoms with van der Waals surface area (Å²) < 4.78 is 5.84. The Labute approximate surface area is 110 Å². The number of furan rings is 1. The normalized spacial score (nSPS) is 10.2. The summed E-state index contributed by atoms with van der Waals surface area (Å²) in [4.78, 5) is 10.6. The summed E-state index contributed by atoms with van der Waals surface area (Å²) in [6.45, 7) is 0. The predicted octanol–water partition coefficient (Wildman–Crippen LogP) is 4.14. The number of carboxylic acid groups (broad SMARTS) is 1. The molecule has 17 heavy (non-hydrogen) atoms. The highest BCUT2D eigenvalue weighted by Crippen LogP contribution is 2.27. The maximum absolute atomic E-state index is 10.6. The van der Waals surface area contributed by atoms with Gasteiger partial charge in [-0.1, -0.05) is 11.6 Å². The molecule has 1 aromatic carbocycles. The number of benzene rings is 1. The number of carboxylic acids is 1. The first-order chi connectivity index (χ1) is 8.06. The Morgan fingerprint density at radius 2 is 2.12 bits per heavy atom. The van der Waals surface area contributed by atoms with Crippen molar-refractivity contribution in [2.75, 3.05) is 5.32 Å². The lowest BCUT2D eigenvalue weighted by Crippen LogP contribution is -1.92. The van der Waals surface area contributed by atoms with Crippen molar-refractivity contribution in [3.05, 3.63) is 45.6 Å². The van der Waals surface area contributed by atoms with E-state index in [1.807, 2.05) is 0 Å². The highest BCUT2D eigenvalue weighted by Gasteiger charge is 2.09. The van der Waals surface area contributed by atoms with Gasteiger partial charge in [-0.3, -0.25) is 0 Å². The molecule has 0 aliphatic carbocycles. The van der Waals surface area contributed by atoms with Crippen molar-refractivity contribution in [1.29, 1.82) is 0 Å². The Balaban J connectivity index is 2.19. The summed E-state index contributed by atoms with van der Waals surface area (Å²) in [5, 5.41) is 12.2. The summed E-state index contributed by atoms with van der Waals surface area (Å²) >= 11 is 9.20. The van der Waals surface area contributed by atoms with Crippen LogP contribution in [-0.4, -0.2) is 11.1 Å². The molecule has 4 nitrogen and oxygen atoms in total. The van der Waals surface area contributed by atoms with Gasteiger partial charge in [0.2, 0.25) is 5.76 Å². The first-order valence-corrected chi connectivity index (χ1v) is 5.78. The van der Waals surface area contributed by atoms with Gasteiger partial charge in [-0.2, -0.15) is 0 Å². The molecular formula is C11H7BrClNO3. The molecular weight excluding hydrogens is 309 g/mol. The minimum Gasteiger partial charge on any atom is -0.475 e. The number of aromatic carboxylic acids is 1. The minimum atomic E-state index is -1.10. The van der Waals surface area contributed by atoms with Crippen LogP contribution in [0.4, 0.5) is 11.6 Å². The standard InChI is InChI=1S/C11H7BrClNO3/c12-7-2-1-6(5-8(7)13)14-10-4-3-9(17-10)11(15)16/h1-5,14H,(H,15,16). The van der Waals surface area contributed by atoms with E-state index in [4.69, 9.17) is 21.1 Å².